The van der Waals surface area contributed by atoms with Crippen LogP contribution in [0.1, 0.15) is 51.9 Å². The first-order valence-electron chi connectivity index (χ1n) is 9.95. The molecule has 0 aromatic carbocycles. The van der Waals surface area contributed by atoms with Crippen molar-refractivity contribution in [2.24, 2.45) is 5.41 Å². The summed E-state index contributed by atoms with van der Waals surface area (Å²) >= 11 is 0. The second-order valence-electron chi connectivity index (χ2n) is 7.82. The molecule has 0 radical (unpaired) electrons. The van der Waals surface area contributed by atoms with Crippen molar-refractivity contribution in [1.82, 2.24) is 4.98 Å². The Kier molecular flexibility index (Phi) is 8.18. The molecule has 0 unspecified atom stereocenters. The monoisotopic (exact) mass is 432 g/mol. The van der Waals surface area contributed by atoms with Crippen molar-refractivity contribution in [3.05, 3.63) is 46.4 Å². The van der Waals surface area contributed by atoms with Crippen molar-refractivity contribution in [3.63, 3.8) is 0 Å². The largest absolute Gasteiger partial charge is 0.518 e. The lowest BCUT2D eigenvalue weighted by molar-refractivity contribution is -0.137. The van der Waals surface area contributed by atoms with Gasteiger partial charge in [-0.15, -0.1) is 0 Å². The summed E-state index contributed by atoms with van der Waals surface area (Å²) < 4.78 is 20.0. The number of hydrogen-bond donors (Lipinski definition) is 0. The Balaban J connectivity index is 2.45. The Bertz CT molecular complexity index is 982. The average molecular weight is 432 g/mol. The van der Waals surface area contributed by atoms with Crippen LogP contribution in [0.4, 0.5) is 5.82 Å². The molecule has 0 atom stereocenters. The SMILES string of the molecule is CCCCOC(=O)/C=C/c1ccc(OC)nc1N(Cc1coc(=O)o1)C(=O)C(C)(C)C. The molecule has 0 aliphatic heterocycles. The molecule has 168 valence electrons. The minimum atomic E-state index is -0.869. The number of rotatable bonds is 9. The minimum Gasteiger partial charge on any atom is -0.481 e. The quantitative estimate of drug-likeness (QED) is 0.336. The molecule has 9 nitrogen and oxygen atoms in total. The van der Waals surface area contributed by atoms with Gasteiger partial charge in [-0.25, -0.2) is 9.59 Å². The summed E-state index contributed by atoms with van der Waals surface area (Å²) in [6, 6.07) is 3.29. The number of pyridine rings is 1. The molecule has 1 amide bonds. The molecular weight excluding hydrogens is 404 g/mol. The maximum atomic E-state index is 13.2. The highest BCUT2D eigenvalue weighted by molar-refractivity contribution is 5.98. The van der Waals surface area contributed by atoms with E-state index >= 15 is 0 Å². The predicted octanol–water partition coefficient (Wildman–Crippen LogP) is 3.57. The Labute approximate surface area is 180 Å². The van der Waals surface area contributed by atoms with E-state index in [1.807, 2.05) is 6.92 Å². The third-order valence-corrected chi connectivity index (χ3v) is 4.19. The van der Waals surface area contributed by atoms with E-state index in [0.717, 1.165) is 19.1 Å². The van der Waals surface area contributed by atoms with Crippen LogP contribution >= 0.6 is 0 Å². The topological polar surface area (TPSA) is 112 Å². The Morgan fingerprint density at radius 2 is 2.00 bits per heavy atom. The number of aromatic nitrogens is 1. The summed E-state index contributed by atoms with van der Waals surface area (Å²) in [7, 11) is 1.46. The Morgan fingerprint density at radius 1 is 1.26 bits per heavy atom. The number of carbonyl (C=O) groups excluding carboxylic acids is 2. The fourth-order valence-corrected chi connectivity index (χ4v) is 2.57. The molecule has 0 aliphatic rings. The van der Waals surface area contributed by atoms with Gasteiger partial charge in [0.1, 0.15) is 12.1 Å². The van der Waals surface area contributed by atoms with Gasteiger partial charge in [-0.05, 0) is 18.6 Å². The summed E-state index contributed by atoms with van der Waals surface area (Å²) in [5.74, 6) is -0.978. The molecule has 2 aromatic rings. The van der Waals surface area contributed by atoms with Gasteiger partial charge < -0.3 is 18.3 Å². The predicted molar refractivity (Wildman–Crippen MR) is 114 cm³/mol. The van der Waals surface area contributed by atoms with E-state index in [4.69, 9.17) is 13.9 Å². The normalized spacial score (nSPS) is 11.5. The van der Waals surface area contributed by atoms with Crippen LogP contribution in [-0.2, 0) is 20.9 Å². The molecule has 0 N–H and O–H groups in total. The minimum absolute atomic E-state index is 0.0935. The number of anilines is 1. The smallest absolute Gasteiger partial charge is 0.481 e. The fraction of sp³-hybridized carbons (Fsp3) is 0.455. The van der Waals surface area contributed by atoms with Gasteiger partial charge >= 0.3 is 11.8 Å². The number of ether oxygens (including phenoxy) is 2. The zero-order valence-corrected chi connectivity index (χ0v) is 18.5. The van der Waals surface area contributed by atoms with Crippen molar-refractivity contribution in [2.45, 2.75) is 47.1 Å². The highest BCUT2D eigenvalue weighted by atomic mass is 16.6. The number of esters is 1. The van der Waals surface area contributed by atoms with Gasteiger partial charge in [0.2, 0.25) is 11.8 Å². The number of hydrogen-bond acceptors (Lipinski definition) is 8. The van der Waals surface area contributed by atoms with E-state index in [-0.39, 0.29) is 29.9 Å². The van der Waals surface area contributed by atoms with Crippen LogP contribution in [0.3, 0.4) is 0 Å². The molecule has 0 saturated carbocycles. The first kappa shape index (κ1) is 23.9. The van der Waals surface area contributed by atoms with E-state index in [0.29, 0.717) is 12.2 Å². The standard InChI is InChI=1S/C22H28N2O7/c1-6-7-12-29-18(25)11-9-15-8-10-17(28-5)23-19(15)24(20(26)22(2,3)4)13-16-14-30-21(27)31-16/h8-11,14H,6-7,12-13H2,1-5H3/b11-9+. The van der Waals surface area contributed by atoms with E-state index in [9.17, 15) is 14.4 Å². The first-order valence-corrected chi connectivity index (χ1v) is 9.95. The number of unbranched alkanes of at least 4 members (excludes halogenated alkanes) is 1. The van der Waals surface area contributed by atoms with E-state index < -0.39 is 17.2 Å². The highest BCUT2D eigenvalue weighted by Gasteiger charge is 2.31. The van der Waals surface area contributed by atoms with Gasteiger partial charge in [0.15, 0.2) is 5.76 Å². The number of amides is 1. The molecule has 31 heavy (non-hydrogen) atoms. The summed E-state index contributed by atoms with van der Waals surface area (Å²) in [5, 5.41) is 0. The zero-order valence-electron chi connectivity index (χ0n) is 18.5. The second-order valence-corrected chi connectivity index (χ2v) is 7.82. The third-order valence-electron chi connectivity index (χ3n) is 4.19. The Morgan fingerprint density at radius 3 is 2.58 bits per heavy atom. The van der Waals surface area contributed by atoms with Crippen LogP contribution in [0.25, 0.3) is 6.08 Å². The lowest BCUT2D eigenvalue weighted by Gasteiger charge is -2.29. The summed E-state index contributed by atoms with van der Waals surface area (Å²) in [4.78, 5) is 42.3. The fourth-order valence-electron chi connectivity index (χ4n) is 2.57. The number of nitrogens with zero attached hydrogens (tertiary/aromatic N) is 2. The van der Waals surface area contributed by atoms with Crippen molar-refractivity contribution in [3.8, 4) is 5.88 Å². The zero-order chi connectivity index (χ0) is 23.0. The molecule has 0 fully saturated rings. The van der Waals surface area contributed by atoms with Gasteiger partial charge in [-0.1, -0.05) is 34.1 Å². The van der Waals surface area contributed by atoms with Crippen molar-refractivity contribution in [2.75, 3.05) is 18.6 Å². The van der Waals surface area contributed by atoms with Crippen LogP contribution in [0, 0.1) is 5.41 Å². The van der Waals surface area contributed by atoms with Crippen LogP contribution in [-0.4, -0.2) is 30.6 Å². The summed E-state index contributed by atoms with van der Waals surface area (Å²) in [6.07, 6.45) is 5.63. The van der Waals surface area contributed by atoms with Crippen molar-refractivity contribution in [1.29, 1.82) is 0 Å². The van der Waals surface area contributed by atoms with Crippen LogP contribution in [0.5, 0.6) is 5.88 Å². The molecular formula is C22H28N2O7. The van der Waals surface area contributed by atoms with Gasteiger partial charge in [-0.3, -0.25) is 9.69 Å². The van der Waals surface area contributed by atoms with E-state index in [1.54, 1.807) is 32.9 Å². The van der Waals surface area contributed by atoms with Gasteiger partial charge in [0.25, 0.3) is 0 Å². The molecule has 0 bridgehead atoms. The van der Waals surface area contributed by atoms with Crippen molar-refractivity contribution >= 4 is 23.8 Å². The molecule has 9 heteroatoms. The van der Waals surface area contributed by atoms with E-state index in [2.05, 4.69) is 9.40 Å². The molecule has 2 heterocycles. The molecule has 0 aliphatic carbocycles. The Hall–Kier alpha value is -3.36. The molecule has 0 saturated heterocycles. The molecule has 0 spiro atoms. The first-order chi connectivity index (χ1) is 14.7. The maximum Gasteiger partial charge on any atom is 0.518 e. The lowest BCUT2D eigenvalue weighted by Crippen LogP contribution is -2.40. The summed E-state index contributed by atoms with van der Waals surface area (Å²) in [5.41, 5.74) is -0.286. The number of methoxy groups -OCH3 is 1. The third kappa shape index (κ3) is 6.84. The second kappa shape index (κ2) is 10.6. The molecule has 2 aromatic heterocycles. The number of carbonyl (C=O) groups is 2. The van der Waals surface area contributed by atoms with Crippen LogP contribution < -0.4 is 15.5 Å². The summed E-state index contributed by atoms with van der Waals surface area (Å²) in [6.45, 7) is 7.52. The maximum absolute atomic E-state index is 13.2. The van der Waals surface area contributed by atoms with Crippen LogP contribution in [0.2, 0.25) is 0 Å². The molecule has 2 rings (SSSR count). The van der Waals surface area contributed by atoms with Gasteiger partial charge in [0.05, 0.1) is 20.3 Å². The lowest BCUT2D eigenvalue weighted by atomic mass is 9.94. The van der Waals surface area contributed by atoms with Crippen LogP contribution in [0.15, 0.2) is 38.1 Å². The highest BCUT2D eigenvalue weighted by Crippen LogP contribution is 2.29. The van der Waals surface area contributed by atoms with Gasteiger partial charge in [-0.2, -0.15) is 4.98 Å². The van der Waals surface area contributed by atoms with E-state index in [1.165, 1.54) is 24.2 Å². The van der Waals surface area contributed by atoms with Crippen molar-refractivity contribution < 1.29 is 27.9 Å². The average Bonchev–Trinajstić information content (AvgIpc) is 3.14. The van der Waals surface area contributed by atoms with Gasteiger partial charge in [0, 0.05) is 23.1 Å².